The summed E-state index contributed by atoms with van der Waals surface area (Å²) < 4.78 is 0. The molecule has 1 aromatic heterocycles. The summed E-state index contributed by atoms with van der Waals surface area (Å²) in [7, 11) is 0. The van der Waals surface area contributed by atoms with E-state index in [4.69, 9.17) is 11.6 Å². The minimum Gasteiger partial charge on any atom is -0.508 e. The molecule has 1 heterocycles. The maximum atomic E-state index is 9.54. The number of aliphatic hydroxyl groups is 1. The summed E-state index contributed by atoms with van der Waals surface area (Å²) in [4.78, 5) is 1.05. The molecular formula is C16H11ClOS. The summed E-state index contributed by atoms with van der Waals surface area (Å²) in [6, 6.07) is 13.8. The van der Waals surface area contributed by atoms with E-state index in [-0.39, 0.29) is 5.76 Å². The van der Waals surface area contributed by atoms with Crippen LogP contribution in [0.4, 0.5) is 0 Å². The van der Waals surface area contributed by atoms with Crippen LogP contribution in [0.2, 0.25) is 5.02 Å². The number of hydrogen-bond acceptors (Lipinski definition) is 2. The van der Waals surface area contributed by atoms with E-state index in [2.05, 4.69) is 6.58 Å². The van der Waals surface area contributed by atoms with Gasteiger partial charge in [0.05, 0.1) is 9.90 Å². The van der Waals surface area contributed by atoms with Crippen molar-refractivity contribution in [3.63, 3.8) is 0 Å². The smallest absolute Gasteiger partial charge is 0.115 e. The largest absolute Gasteiger partial charge is 0.508 e. The lowest BCUT2D eigenvalue weighted by Crippen LogP contribution is -1.84. The summed E-state index contributed by atoms with van der Waals surface area (Å²) in [5.41, 5.74) is 1.81. The molecule has 0 amide bonds. The van der Waals surface area contributed by atoms with E-state index in [1.165, 1.54) is 0 Å². The predicted molar refractivity (Wildman–Crippen MR) is 83.9 cm³/mol. The van der Waals surface area contributed by atoms with Crippen LogP contribution in [-0.4, -0.2) is 5.11 Å². The van der Waals surface area contributed by atoms with Gasteiger partial charge >= 0.3 is 0 Å². The van der Waals surface area contributed by atoms with Gasteiger partial charge in [0, 0.05) is 11.1 Å². The van der Waals surface area contributed by atoms with Crippen LogP contribution in [0.25, 0.3) is 27.0 Å². The molecule has 0 bridgehead atoms. The molecule has 0 fully saturated rings. The highest BCUT2D eigenvalue weighted by Crippen LogP contribution is 2.38. The van der Waals surface area contributed by atoms with E-state index in [0.29, 0.717) is 0 Å². The molecule has 0 aliphatic carbocycles. The monoisotopic (exact) mass is 286 g/mol. The third-order valence-corrected chi connectivity index (χ3v) is 4.45. The van der Waals surface area contributed by atoms with Gasteiger partial charge < -0.3 is 5.11 Å². The molecule has 94 valence electrons. The fourth-order valence-electron chi connectivity index (χ4n) is 2.14. The normalized spacial score (nSPS) is 10.8. The van der Waals surface area contributed by atoms with Crippen molar-refractivity contribution in [3.05, 3.63) is 65.0 Å². The van der Waals surface area contributed by atoms with Gasteiger partial charge in [-0.25, -0.2) is 0 Å². The van der Waals surface area contributed by atoms with Crippen LogP contribution in [0, 0.1) is 0 Å². The molecular weight excluding hydrogens is 276 g/mol. The van der Waals surface area contributed by atoms with Gasteiger partial charge in [-0.15, -0.1) is 11.3 Å². The minimum atomic E-state index is 0.0778. The van der Waals surface area contributed by atoms with E-state index >= 15 is 0 Å². The Bertz CT molecular complexity index is 773. The Balaban J connectivity index is 2.33. The van der Waals surface area contributed by atoms with Gasteiger partial charge in [-0.3, -0.25) is 0 Å². The van der Waals surface area contributed by atoms with Crippen LogP contribution in [0.15, 0.2) is 54.4 Å². The number of fused-ring (bicyclic) bond motifs is 1. The molecule has 3 rings (SSSR count). The Kier molecular flexibility index (Phi) is 3.05. The molecule has 19 heavy (non-hydrogen) atoms. The second-order valence-electron chi connectivity index (χ2n) is 4.29. The standard InChI is InChI=1S/C16H11ClOS/c1-10(18)12-6-5-11-3-2-4-13(14(11)9-12)16-15(17)7-8-19-16/h2-9,18H,1H2. The predicted octanol–water partition coefficient (Wildman–Crippen LogP) is 5.75. The van der Waals surface area contributed by atoms with E-state index in [1.807, 2.05) is 47.8 Å². The van der Waals surface area contributed by atoms with Crippen molar-refractivity contribution in [2.75, 3.05) is 0 Å². The number of hydrogen-bond donors (Lipinski definition) is 1. The Labute approximate surface area is 120 Å². The van der Waals surface area contributed by atoms with Crippen LogP contribution >= 0.6 is 22.9 Å². The van der Waals surface area contributed by atoms with E-state index < -0.39 is 0 Å². The molecule has 0 atom stereocenters. The number of benzene rings is 2. The first kappa shape index (κ1) is 12.3. The fraction of sp³-hybridized carbons (Fsp3) is 0. The lowest BCUT2D eigenvalue weighted by Gasteiger charge is -2.07. The Hall–Kier alpha value is -1.77. The summed E-state index contributed by atoms with van der Waals surface area (Å²) in [5, 5.41) is 14.5. The number of thiophene rings is 1. The number of rotatable bonds is 2. The third-order valence-electron chi connectivity index (χ3n) is 3.08. The Morgan fingerprint density at radius 2 is 2.00 bits per heavy atom. The molecule has 0 unspecified atom stereocenters. The first-order valence-electron chi connectivity index (χ1n) is 5.81. The Morgan fingerprint density at radius 3 is 2.68 bits per heavy atom. The van der Waals surface area contributed by atoms with Gasteiger partial charge in [0.25, 0.3) is 0 Å². The average molecular weight is 287 g/mol. The van der Waals surface area contributed by atoms with Crippen molar-refractivity contribution in [1.29, 1.82) is 0 Å². The SMILES string of the molecule is C=C(O)c1ccc2cccc(-c3sccc3Cl)c2c1. The summed E-state index contributed by atoms with van der Waals surface area (Å²) in [6.45, 7) is 3.57. The van der Waals surface area contributed by atoms with Gasteiger partial charge in [-0.2, -0.15) is 0 Å². The van der Waals surface area contributed by atoms with E-state index in [9.17, 15) is 5.11 Å². The highest BCUT2D eigenvalue weighted by molar-refractivity contribution is 7.14. The molecule has 3 aromatic rings. The van der Waals surface area contributed by atoms with Crippen molar-refractivity contribution in [2.45, 2.75) is 0 Å². The molecule has 0 spiro atoms. The molecule has 1 N–H and O–H groups in total. The Morgan fingerprint density at radius 1 is 1.16 bits per heavy atom. The van der Waals surface area contributed by atoms with Crippen LogP contribution in [0.1, 0.15) is 5.56 Å². The van der Waals surface area contributed by atoms with Gasteiger partial charge in [-0.1, -0.05) is 48.5 Å². The van der Waals surface area contributed by atoms with Crippen molar-refractivity contribution < 1.29 is 5.11 Å². The lowest BCUT2D eigenvalue weighted by molar-refractivity contribution is 0.514. The topological polar surface area (TPSA) is 20.2 Å². The van der Waals surface area contributed by atoms with E-state index in [0.717, 1.165) is 31.8 Å². The molecule has 0 saturated carbocycles. The zero-order chi connectivity index (χ0) is 13.4. The molecule has 3 heteroatoms. The maximum Gasteiger partial charge on any atom is 0.115 e. The van der Waals surface area contributed by atoms with Crippen LogP contribution in [-0.2, 0) is 0 Å². The maximum absolute atomic E-state index is 9.54. The fourth-order valence-corrected chi connectivity index (χ4v) is 3.33. The number of aliphatic hydroxyl groups excluding tert-OH is 1. The van der Waals surface area contributed by atoms with Crippen molar-refractivity contribution in [1.82, 2.24) is 0 Å². The zero-order valence-electron chi connectivity index (χ0n) is 10.1. The third kappa shape index (κ3) is 2.14. The van der Waals surface area contributed by atoms with Gasteiger partial charge in [0.15, 0.2) is 0 Å². The summed E-state index contributed by atoms with van der Waals surface area (Å²) in [6.07, 6.45) is 0. The van der Waals surface area contributed by atoms with Crippen LogP contribution in [0.3, 0.4) is 0 Å². The molecule has 0 aliphatic rings. The van der Waals surface area contributed by atoms with Crippen LogP contribution in [0.5, 0.6) is 0 Å². The van der Waals surface area contributed by atoms with Crippen molar-refractivity contribution in [3.8, 4) is 10.4 Å². The van der Waals surface area contributed by atoms with E-state index in [1.54, 1.807) is 11.3 Å². The highest BCUT2D eigenvalue weighted by Gasteiger charge is 2.09. The van der Waals surface area contributed by atoms with Gasteiger partial charge in [0.2, 0.25) is 0 Å². The molecule has 0 radical (unpaired) electrons. The summed E-state index contributed by atoms with van der Waals surface area (Å²) in [5.74, 6) is 0.0778. The van der Waals surface area contributed by atoms with Crippen molar-refractivity contribution in [2.24, 2.45) is 0 Å². The van der Waals surface area contributed by atoms with Gasteiger partial charge in [0.1, 0.15) is 5.76 Å². The second kappa shape index (κ2) is 4.72. The van der Waals surface area contributed by atoms with Gasteiger partial charge in [-0.05, 0) is 28.3 Å². The summed E-state index contributed by atoms with van der Waals surface area (Å²) >= 11 is 7.84. The quantitative estimate of drug-likeness (QED) is 0.595. The first-order valence-corrected chi connectivity index (χ1v) is 7.07. The average Bonchev–Trinajstić information content (AvgIpc) is 2.83. The first-order chi connectivity index (χ1) is 9.16. The highest BCUT2D eigenvalue weighted by atomic mass is 35.5. The molecule has 0 aliphatic heterocycles. The molecule has 0 saturated heterocycles. The minimum absolute atomic E-state index is 0.0778. The number of halogens is 1. The lowest BCUT2D eigenvalue weighted by atomic mass is 10.0. The van der Waals surface area contributed by atoms with Crippen molar-refractivity contribution >= 4 is 39.5 Å². The molecule has 1 nitrogen and oxygen atoms in total. The second-order valence-corrected chi connectivity index (χ2v) is 5.61. The van der Waals surface area contributed by atoms with Crippen LogP contribution < -0.4 is 0 Å². The molecule has 2 aromatic carbocycles. The zero-order valence-corrected chi connectivity index (χ0v) is 11.6.